The second-order valence-electron chi connectivity index (χ2n) is 4.94. The van der Waals surface area contributed by atoms with Crippen LogP contribution in [0.3, 0.4) is 0 Å². The SMILES string of the molecule is O=C(O)C1CCCN(C(=O)Cc2ccc(Br)c(F)c2)C1. The van der Waals surface area contributed by atoms with Crippen LogP contribution < -0.4 is 0 Å². The third kappa shape index (κ3) is 3.56. The average Bonchev–Trinajstić information content (AvgIpc) is 2.43. The lowest BCUT2D eigenvalue weighted by molar-refractivity contribution is -0.145. The van der Waals surface area contributed by atoms with Gasteiger partial charge >= 0.3 is 5.97 Å². The summed E-state index contributed by atoms with van der Waals surface area (Å²) >= 11 is 3.06. The standard InChI is InChI=1S/C14H15BrFNO3/c15-11-4-3-9(6-12(11)16)7-13(18)17-5-1-2-10(8-17)14(19)20/h3-4,6,10H,1-2,5,7-8H2,(H,19,20). The van der Waals surface area contributed by atoms with Gasteiger partial charge in [-0.05, 0) is 46.5 Å². The van der Waals surface area contributed by atoms with Gasteiger partial charge in [-0.1, -0.05) is 6.07 Å². The first-order chi connectivity index (χ1) is 9.47. The fraction of sp³-hybridized carbons (Fsp3) is 0.429. The number of halogens is 2. The molecule has 0 spiro atoms. The molecule has 4 nitrogen and oxygen atoms in total. The van der Waals surface area contributed by atoms with Gasteiger partial charge < -0.3 is 10.0 Å². The Labute approximate surface area is 124 Å². The summed E-state index contributed by atoms with van der Waals surface area (Å²) in [5.41, 5.74) is 0.591. The first-order valence-corrected chi connectivity index (χ1v) is 7.21. The Bertz CT molecular complexity index is 535. The number of hydrogen-bond donors (Lipinski definition) is 1. The molecule has 2 rings (SSSR count). The summed E-state index contributed by atoms with van der Waals surface area (Å²) < 4.78 is 13.7. The van der Waals surface area contributed by atoms with Gasteiger partial charge in [0.1, 0.15) is 5.82 Å². The van der Waals surface area contributed by atoms with Crippen molar-refractivity contribution in [2.75, 3.05) is 13.1 Å². The number of amides is 1. The fourth-order valence-electron chi connectivity index (χ4n) is 2.34. The summed E-state index contributed by atoms with van der Waals surface area (Å²) in [6.45, 7) is 0.814. The molecule has 0 aromatic heterocycles. The van der Waals surface area contributed by atoms with Gasteiger partial charge in [0.2, 0.25) is 5.91 Å². The summed E-state index contributed by atoms with van der Waals surface area (Å²) in [5.74, 6) is -1.92. The van der Waals surface area contributed by atoms with E-state index in [0.29, 0.717) is 29.4 Å². The molecule has 1 aliphatic heterocycles. The number of carbonyl (C=O) groups excluding carboxylic acids is 1. The fourth-order valence-corrected chi connectivity index (χ4v) is 2.59. The van der Waals surface area contributed by atoms with Crippen LogP contribution in [0.2, 0.25) is 0 Å². The van der Waals surface area contributed by atoms with Crippen LogP contribution in [-0.4, -0.2) is 35.0 Å². The molecule has 20 heavy (non-hydrogen) atoms. The Kier molecular flexibility index (Phi) is 4.75. The van der Waals surface area contributed by atoms with Crippen molar-refractivity contribution in [3.63, 3.8) is 0 Å². The van der Waals surface area contributed by atoms with Crippen LogP contribution in [-0.2, 0) is 16.0 Å². The zero-order valence-corrected chi connectivity index (χ0v) is 12.4. The molecule has 6 heteroatoms. The van der Waals surface area contributed by atoms with E-state index in [1.54, 1.807) is 17.0 Å². The first-order valence-electron chi connectivity index (χ1n) is 6.42. The molecule has 1 aromatic carbocycles. The van der Waals surface area contributed by atoms with Crippen LogP contribution in [0.5, 0.6) is 0 Å². The van der Waals surface area contributed by atoms with E-state index in [2.05, 4.69) is 15.9 Å². The maximum Gasteiger partial charge on any atom is 0.308 e. The molecule has 1 amide bonds. The minimum absolute atomic E-state index is 0.0938. The highest BCUT2D eigenvalue weighted by Gasteiger charge is 2.28. The molecule has 1 aromatic rings. The van der Waals surface area contributed by atoms with E-state index in [0.717, 1.165) is 0 Å². The van der Waals surface area contributed by atoms with Gasteiger partial charge in [-0.2, -0.15) is 0 Å². The van der Waals surface area contributed by atoms with E-state index in [4.69, 9.17) is 5.11 Å². The summed E-state index contributed by atoms with van der Waals surface area (Å²) in [7, 11) is 0. The first kappa shape index (κ1) is 15.0. The van der Waals surface area contributed by atoms with Crippen molar-refractivity contribution in [2.45, 2.75) is 19.3 Å². The van der Waals surface area contributed by atoms with Crippen LogP contribution in [0.25, 0.3) is 0 Å². The maximum absolute atomic E-state index is 13.4. The molecule has 1 atom stereocenters. The predicted molar refractivity (Wildman–Crippen MR) is 74.7 cm³/mol. The highest BCUT2D eigenvalue weighted by Crippen LogP contribution is 2.20. The number of rotatable bonds is 3. The number of piperidine rings is 1. The molecule has 1 fully saturated rings. The molecule has 0 saturated carbocycles. The second kappa shape index (κ2) is 6.35. The monoisotopic (exact) mass is 343 g/mol. The van der Waals surface area contributed by atoms with E-state index >= 15 is 0 Å². The molecule has 0 aliphatic carbocycles. The molecule has 1 unspecified atom stereocenters. The summed E-state index contributed by atoms with van der Waals surface area (Å²) in [6.07, 6.45) is 1.39. The number of carbonyl (C=O) groups is 2. The molecule has 1 heterocycles. The lowest BCUT2D eigenvalue weighted by Gasteiger charge is -2.30. The smallest absolute Gasteiger partial charge is 0.308 e. The van der Waals surface area contributed by atoms with Gasteiger partial charge in [-0.15, -0.1) is 0 Å². The number of likely N-dealkylation sites (tertiary alicyclic amines) is 1. The molecule has 1 aliphatic rings. The van der Waals surface area contributed by atoms with Gasteiger partial charge in [0.25, 0.3) is 0 Å². The van der Waals surface area contributed by atoms with Crippen molar-refractivity contribution < 1.29 is 19.1 Å². The molecule has 0 radical (unpaired) electrons. The largest absolute Gasteiger partial charge is 0.481 e. The third-order valence-electron chi connectivity index (χ3n) is 3.46. The number of carboxylic acids is 1. The highest BCUT2D eigenvalue weighted by molar-refractivity contribution is 9.10. The van der Waals surface area contributed by atoms with E-state index in [9.17, 15) is 14.0 Å². The summed E-state index contributed by atoms with van der Waals surface area (Å²) in [5, 5.41) is 9.00. The van der Waals surface area contributed by atoms with Crippen molar-refractivity contribution in [1.29, 1.82) is 0 Å². The van der Waals surface area contributed by atoms with Crippen molar-refractivity contribution in [3.05, 3.63) is 34.1 Å². The zero-order valence-electron chi connectivity index (χ0n) is 10.8. The van der Waals surface area contributed by atoms with Crippen molar-refractivity contribution in [2.24, 2.45) is 5.92 Å². The Morgan fingerprint density at radius 3 is 2.85 bits per heavy atom. The number of benzene rings is 1. The van der Waals surface area contributed by atoms with E-state index in [1.165, 1.54) is 6.07 Å². The molecule has 1 N–H and O–H groups in total. The van der Waals surface area contributed by atoms with Gasteiger partial charge in [0.15, 0.2) is 0 Å². The van der Waals surface area contributed by atoms with Crippen LogP contribution >= 0.6 is 15.9 Å². The quantitative estimate of drug-likeness (QED) is 0.916. The van der Waals surface area contributed by atoms with E-state index in [1.807, 2.05) is 0 Å². The zero-order chi connectivity index (χ0) is 14.7. The molecular formula is C14H15BrFNO3. The number of nitrogens with zero attached hydrogens (tertiary/aromatic N) is 1. The lowest BCUT2D eigenvalue weighted by atomic mass is 9.97. The van der Waals surface area contributed by atoms with Crippen LogP contribution in [0, 0.1) is 11.7 Å². The van der Waals surface area contributed by atoms with Gasteiger partial charge in [-0.25, -0.2) is 4.39 Å². The molecule has 1 saturated heterocycles. The minimum Gasteiger partial charge on any atom is -0.481 e. The normalized spacial score (nSPS) is 18.9. The molecule has 108 valence electrons. The maximum atomic E-state index is 13.4. The highest BCUT2D eigenvalue weighted by atomic mass is 79.9. The number of carboxylic acid groups (broad SMARTS) is 1. The summed E-state index contributed by atoms with van der Waals surface area (Å²) in [6, 6.07) is 4.57. The average molecular weight is 344 g/mol. The van der Waals surface area contributed by atoms with Gasteiger partial charge in [0.05, 0.1) is 16.8 Å². The molecule has 0 bridgehead atoms. The van der Waals surface area contributed by atoms with Crippen LogP contribution in [0.4, 0.5) is 4.39 Å². The van der Waals surface area contributed by atoms with Gasteiger partial charge in [0, 0.05) is 13.1 Å². The summed E-state index contributed by atoms with van der Waals surface area (Å²) in [4.78, 5) is 24.7. The van der Waals surface area contributed by atoms with E-state index in [-0.39, 0.29) is 18.9 Å². The van der Waals surface area contributed by atoms with Gasteiger partial charge in [-0.3, -0.25) is 9.59 Å². The Balaban J connectivity index is 2.00. The Morgan fingerprint density at radius 2 is 2.20 bits per heavy atom. The Morgan fingerprint density at radius 1 is 1.45 bits per heavy atom. The van der Waals surface area contributed by atoms with Crippen molar-refractivity contribution in [1.82, 2.24) is 4.90 Å². The lowest BCUT2D eigenvalue weighted by Crippen LogP contribution is -2.43. The van der Waals surface area contributed by atoms with Crippen LogP contribution in [0.1, 0.15) is 18.4 Å². The van der Waals surface area contributed by atoms with Crippen molar-refractivity contribution >= 4 is 27.8 Å². The van der Waals surface area contributed by atoms with Crippen LogP contribution in [0.15, 0.2) is 22.7 Å². The van der Waals surface area contributed by atoms with Crippen molar-refractivity contribution in [3.8, 4) is 0 Å². The molecular weight excluding hydrogens is 329 g/mol. The van der Waals surface area contributed by atoms with E-state index < -0.39 is 17.7 Å². The minimum atomic E-state index is -0.864. The number of hydrogen-bond acceptors (Lipinski definition) is 2. The topological polar surface area (TPSA) is 57.6 Å². The Hall–Kier alpha value is -1.43. The number of aliphatic carboxylic acids is 1. The third-order valence-corrected chi connectivity index (χ3v) is 4.11. The predicted octanol–water partition coefficient (Wildman–Crippen LogP) is 2.45. The second-order valence-corrected chi connectivity index (χ2v) is 5.80.